The molecule has 13 heavy (non-hydrogen) atoms. The summed E-state index contributed by atoms with van der Waals surface area (Å²) in [4.78, 5) is 0. The van der Waals surface area contributed by atoms with Gasteiger partial charge in [-0.3, -0.25) is 4.68 Å². The molecule has 0 radical (unpaired) electrons. The SMILES string of the molecule is C=C(Cl)CNCCc1ccnn1C. The van der Waals surface area contributed by atoms with E-state index in [0.717, 1.165) is 13.0 Å². The van der Waals surface area contributed by atoms with Gasteiger partial charge in [-0.05, 0) is 6.07 Å². The van der Waals surface area contributed by atoms with Gasteiger partial charge < -0.3 is 5.32 Å². The molecular weight excluding hydrogens is 186 g/mol. The summed E-state index contributed by atoms with van der Waals surface area (Å²) in [6.07, 6.45) is 2.76. The van der Waals surface area contributed by atoms with Gasteiger partial charge >= 0.3 is 0 Å². The second kappa shape index (κ2) is 5.04. The van der Waals surface area contributed by atoms with Crippen molar-refractivity contribution in [2.24, 2.45) is 7.05 Å². The predicted molar refractivity (Wildman–Crippen MR) is 54.8 cm³/mol. The van der Waals surface area contributed by atoms with Crippen molar-refractivity contribution in [2.45, 2.75) is 6.42 Å². The molecular formula is C9H14ClN3. The second-order valence-corrected chi connectivity index (χ2v) is 3.42. The van der Waals surface area contributed by atoms with E-state index in [1.807, 2.05) is 17.8 Å². The maximum atomic E-state index is 5.60. The largest absolute Gasteiger partial charge is 0.311 e. The molecule has 0 saturated carbocycles. The molecule has 0 bridgehead atoms. The first kappa shape index (κ1) is 10.3. The van der Waals surface area contributed by atoms with Crippen molar-refractivity contribution in [1.29, 1.82) is 0 Å². The van der Waals surface area contributed by atoms with Crippen molar-refractivity contribution in [3.05, 3.63) is 29.6 Å². The minimum absolute atomic E-state index is 0.644. The highest BCUT2D eigenvalue weighted by atomic mass is 35.5. The summed E-state index contributed by atoms with van der Waals surface area (Å²) < 4.78 is 1.87. The Morgan fingerprint density at radius 2 is 2.54 bits per heavy atom. The Kier molecular flexibility index (Phi) is 3.99. The van der Waals surface area contributed by atoms with Gasteiger partial charge in [0.25, 0.3) is 0 Å². The molecule has 1 N–H and O–H groups in total. The summed E-state index contributed by atoms with van der Waals surface area (Å²) >= 11 is 5.60. The Hall–Kier alpha value is -0.800. The number of aromatic nitrogens is 2. The summed E-state index contributed by atoms with van der Waals surface area (Å²) in [5, 5.41) is 7.90. The third kappa shape index (κ3) is 3.61. The van der Waals surface area contributed by atoms with Crippen molar-refractivity contribution < 1.29 is 0 Å². The Labute approximate surface area is 83.4 Å². The van der Waals surface area contributed by atoms with E-state index in [0.29, 0.717) is 11.6 Å². The molecule has 0 saturated heterocycles. The Morgan fingerprint density at radius 1 is 1.77 bits per heavy atom. The van der Waals surface area contributed by atoms with Crippen LogP contribution in [0.2, 0.25) is 0 Å². The summed E-state index contributed by atoms with van der Waals surface area (Å²) in [5.41, 5.74) is 1.22. The van der Waals surface area contributed by atoms with Crippen LogP contribution in [0.4, 0.5) is 0 Å². The van der Waals surface area contributed by atoms with E-state index >= 15 is 0 Å². The van der Waals surface area contributed by atoms with Crippen LogP contribution in [0.15, 0.2) is 23.9 Å². The number of nitrogens with zero attached hydrogens (tertiary/aromatic N) is 2. The van der Waals surface area contributed by atoms with Crippen LogP contribution in [-0.4, -0.2) is 22.9 Å². The normalized spacial score (nSPS) is 10.3. The van der Waals surface area contributed by atoms with Gasteiger partial charge in [-0.2, -0.15) is 5.10 Å². The van der Waals surface area contributed by atoms with Gasteiger partial charge in [-0.25, -0.2) is 0 Å². The van der Waals surface area contributed by atoms with E-state index in [4.69, 9.17) is 11.6 Å². The van der Waals surface area contributed by atoms with Crippen molar-refractivity contribution >= 4 is 11.6 Å². The molecule has 1 heterocycles. The van der Waals surface area contributed by atoms with Gasteiger partial charge in [0.15, 0.2) is 0 Å². The molecule has 1 aromatic heterocycles. The lowest BCUT2D eigenvalue weighted by Gasteiger charge is -2.03. The topological polar surface area (TPSA) is 29.9 Å². The Balaban J connectivity index is 2.20. The van der Waals surface area contributed by atoms with Crippen molar-refractivity contribution in [3.8, 4) is 0 Å². The monoisotopic (exact) mass is 199 g/mol. The van der Waals surface area contributed by atoms with Crippen molar-refractivity contribution in [3.63, 3.8) is 0 Å². The van der Waals surface area contributed by atoms with E-state index in [-0.39, 0.29) is 0 Å². The van der Waals surface area contributed by atoms with Gasteiger partial charge in [-0.1, -0.05) is 18.2 Å². The number of hydrogen-bond acceptors (Lipinski definition) is 2. The van der Waals surface area contributed by atoms with Gasteiger partial charge in [0, 0.05) is 43.5 Å². The van der Waals surface area contributed by atoms with E-state index in [1.54, 1.807) is 6.20 Å². The zero-order valence-electron chi connectivity index (χ0n) is 7.76. The average molecular weight is 200 g/mol. The summed E-state index contributed by atoms with van der Waals surface area (Å²) in [7, 11) is 1.94. The van der Waals surface area contributed by atoms with E-state index in [2.05, 4.69) is 17.0 Å². The highest BCUT2D eigenvalue weighted by Crippen LogP contribution is 1.97. The molecule has 0 amide bonds. The van der Waals surface area contributed by atoms with Gasteiger partial charge in [0.1, 0.15) is 0 Å². The third-order valence-electron chi connectivity index (χ3n) is 1.80. The quantitative estimate of drug-likeness (QED) is 0.725. The van der Waals surface area contributed by atoms with Crippen molar-refractivity contribution in [1.82, 2.24) is 15.1 Å². The standard InChI is InChI=1S/C9H14ClN3/c1-8(10)7-11-5-3-9-4-6-12-13(9)2/h4,6,11H,1,3,5,7H2,2H3. The van der Waals surface area contributed by atoms with Crippen molar-refractivity contribution in [2.75, 3.05) is 13.1 Å². The highest BCUT2D eigenvalue weighted by molar-refractivity contribution is 6.29. The second-order valence-electron chi connectivity index (χ2n) is 2.89. The predicted octanol–water partition coefficient (Wildman–Crippen LogP) is 1.30. The van der Waals surface area contributed by atoms with E-state index in [9.17, 15) is 0 Å². The van der Waals surface area contributed by atoms with Crippen LogP contribution in [0.5, 0.6) is 0 Å². The van der Waals surface area contributed by atoms with Crippen LogP contribution in [-0.2, 0) is 13.5 Å². The lowest BCUT2D eigenvalue weighted by molar-refractivity contribution is 0.667. The Bertz CT molecular complexity index is 280. The molecule has 0 aliphatic carbocycles. The van der Waals surface area contributed by atoms with Crippen LogP contribution in [0, 0.1) is 0 Å². The lowest BCUT2D eigenvalue weighted by atomic mass is 10.3. The molecule has 0 unspecified atom stereocenters. The number of nitrogens with one attached hydrogen (secondary N) is 1. The third-order valence-corrected chi connectivity index (χ3v) is 1.93. The molecule has 4 heteroatoms. The first-order chi connectivity index (χ1) is 6.20. The van der Waals surface area contributed by atoms with Crippen LogP contribution in [0.3, 0.4) is 0 Å². The minimum atomic E-state index is 0.644. The summed E-state index contributed by atoms with van der Waals surface area (Å²) in [6.45, 7) is 5.15. The molecule has 72 valence electrons. The highest BCUT2D eigenvalue weighted by Gasteiger charge is 1.97. The Morgan fingerprint density at radius 3 is 3.08 bits per heavy atom. The smallest absolute Gasteiger partial charge is 0.0492 e. The summed E-state index contributed by atoms with van der Waals surface area (Å²) in [6, 6.07) is 2.01. The number of halogens is 1. The van der Waals surface area contributed by atoms with Crippen LogP contribution >= 0.6 is 11.6 Å². The summed E-state index contributed by atoms with van der Waals surface area (Å²) in [5.74, 6) is 0. The number of rotatable bonds is 5. The van der Waals surface area contributed by atoms with Gasteiger partial charge in [-0.15, -0.1) is 0 Å². The van der Waals surface area contributed by atoms with Crippen LogP contribution in [0.25, 0.3) is 0 Å². The first-order valence-corrected chi connectivity index (χ1v) is 4.59. The zero-order valence-corrected chi connectivity index (χ0v) is 8.51. The molecule has 1 aromatic rings. The van der Waals surface area contributed by atoms with Crippen LogP contribution in [0.1, 0.15) is 5.69 Å². The number of aryl methyl sites for hydroxylation is 1. The fraction of sp³-hybridized carbons (Fsp3) is 0.444. The molecule has 0 spiro atoms. The average Bonchev–Trinajstić information content (AvgIpc) is 2.45. The maximum absolute atomic E-state index is 5.60. The lowest BCUT2D eigenvalue weighted by Crippen LogP contribution is -2.19. The molecule has 0 aliphatic rings. The maximum Gasteiger partial charge on any atom is 0.0492 e. The first-order valence-electron chi connectivity index (χ1n) is 4.21. The molecule has 0 aliphatic heterocycles. The van der Waals surface area contributed by atoms with Gasteiger partial charge in [0.05, 0.1) is 0 Å². The molecule has 1 rings (SSSR count). The molecule has 0 atom stereocenters. The molecule has 0 aromatic carbocycles. The fourth-order valence-electron chi connectivity index (χ4n) is 1.09. The van der Waals surface area contributed by atoms with E-state index < -0.39 is 0 Å². The van der Waals surface area contributed by atoms with Gasteiger partial charge in [0.2, 0.25) is 0 Å². The molecule has 3 nitrogen and oxygen atoms in total. The van der Waals surface area contributed by atoms with E-state index in [1.165, 1.54) is 5.69 Å². The zero-order chi connectivity index (χ0) is 9.68. The fourth-order valence-corrected chi connectivity index (χ4v) is 1.18. The minimum Gasteiger partial charge on any atom is -0.311 e. The number of hydrogen-bond donors (Lipinski definition) is 1. The molecule has 0 fully saturated rings. The van der Waals surface area contributed by atoms with Crippen LogP contribution < -0.4 is 5.32 Å².